The smallest absolute Gasteiger partial charge is 0.257 e. The zero-order valence-corrected chi connectivity index (χ0v) is 7.98. The standard InChI is InChI=1S/C11H13NO2/c1-3-8-13-10-6-5-7-12-11(10)14-9-4-2/h3-7H,1-2,8-9H2. The van der Waals surface area contributed by atoms with Crippen molar-refractivity contribution in [3.63, 3.8) is 0 Å². The van der Waals surface area contributed by atoms with Crippen LogP contribution in [0, 0.1) is 0 Å². The van der Waals surface area contributed by atoms with E-state index in [0.29, 0.717) is 24.8 Å². The van der Waals surface area contributed by atoms with Gasteiger partial charge in [0.05, 0.1) is 0 Å². The Labute approximate surface area is 83.7 Å². The van der Waals surface area contributed by atoms with Gasteiger partial charge in [-0.05, 0) is 12.1 Å². The Morgan fingerprint density at radius 1 is 1.21 bits per heavy atom. The highest BCUT2D eigenvalue weighted by molar-refractivity contribution is 5.32. The van der Waals surface area contributed by atoms with Gasteiger partial charge in [-0.1, -0.05) is 25.3 Å². The van der Waals surface area contributed by atoms with Gasteiger partial charge in [-0.15, -0.1) is 0 Å². The predicted molar refractivity (Wildman–Crippen MR) is 55.6 cm³/mol. The molecule has 0 radical (unpaired) electrons. The van der Waals surface area contributed by atoms with Crippen molar-refractivity contribution in [3.05, 3.63) is 43.6 Å². The van der Waals surface area contributed by atoms with Gasteiger partial charge in [0.1, 0.15) is 13.2 Å². The maximum atomic E-state index is 5.34. The van der Waals surface area contributed by atoms with E-state index in [1.165, 1.54) is 0 Å². The predicted octanol–water partition coefficient (Wildman–Crippen LogP) is 2.21. The fourth-order valence-electron chi connectivity index (χ4n) is 0.881. The number of rotatable bonds is 6. The van der Waals surface area contributed by atoms with Crippen LogP contribution in [0.2, 0.25) is 0 Å². The molecule has 0 spiro atoms. The first kappa shape index (κ1) is 10.3. The molecule has 1 heterocycles. The highest BCUT2D eigenvalue weighted by Crippen LogP contribution is 2.23. The first-order valence-corrected chi connectivity index (χ1v) is 4.31. The van der Waals surface area contributed by atoms with E-state index in [2.05, 4.69) is 18.1 Å². The first-order valence-electron chi connectivity index (χ1n) is 4.31. The summed E-state index contributed by atoms with van der Waals surface area (Å²) in [6, 6.07) is 3.59. The summed E-state index contributed by atoms with van der Waals surface area (Å²) >= 11 is 0. The van der Waals surface area contributed by atoms with Crippen LogP contribution in [0.15, 0.2) is 43.6 Å². The van der Waals surface area contributed by atoms with Crippen molar-refractivity contribution in [3.8, 4) is 11.6 Å². The van der Waals surface area contributed by atoms with Crippen LogP contribution in [-0.2, 0) is 0 Å². The Hall–Kier alpha value is -1.77. The average Bonchev–Trinajstić information content (AvgIpc) is 2.24. The largest absolute Gasteiger partial charge is 0.484 e. The Bertz CT molecular complexity index is 279. The molecule has 0 saturated carbocycles. The van der Waals surface area contributed by atoms with E-state index in [9.17, 15) is 0 Å². The third kappa shape index (κ3) is 2.94. The van der Waals surface area contributed by atoms with Crippen molar-refractivity contribution in [1.82, 2.24) is 4.98 Å². The minimum absolute atomic E-state index is 0.418. The second kappa shape index (κ2) is 5.80. The van der Waals surface area contributed by atoms with Gasteiger partial charge in [0.15, 0.2) is 5.75 Å². The fourth-order valence-corrected chi connectivity index (χ4v) is 0.881. The zero-order valence-electron chi connectivity index (χ0n) is 7.98. The molecule has 1 aromatic heterocycles. The van der Waals surface area contributed by atoms with Gasteiger partial charge in [-0.25, -0.2) is 4.98 Å². The summed E-state index contributed by atoms with van der Waals surface area (Å²) in [5.41, 5.74) is 0. The highest BCUT2D eigenvalue weighted by atomic mass is 16.5. The van der Waals surface area contributed by atoms with Crippen LogP contribution in [0.3, 0.4) is 0 Å². The van der Waals surface area contributed by atoms with Crippen LogP contribution in [0.1, 0.15) is 0 Å². The lowest BCUT2D eigenvalue weighted by Gasteiger charge is -2.08. The summed E-state index contributed by atoms with van der Waals surface area (Å²) in [5.74, 6) is 1.10. The molecule has 0 amide bonds. The van der Waals surface area contributed by atoms with Gasteiger partial charge in [0.25, 0.3) is 5.88 Å². The number of hydrogen-bond donors (Lipinski definition) is 0. The normalized spacial score (nSPS) is 9.14. The second-order valence-corrected chi connectivity index (χ2v) is 2.51. The van der Waals surface area contributed by atoms with E-state index in [4.69, 9.17) is 9.47 Å². The van der Waals surface area contributed by atoms with Crippen molar-refractivity contribution in [2.75, 3.05) is 13.2 Å². The molecule has 0 saturated heterocycles. The number of hydrogen-bond acceptors (Lipinski definition) is 3. The summed E-state index contributed by atoms with van der Waals surface area (Å²) in [6.45, 7) is 7.98. The van der Waals surface area contributed by atoms with Crippen LogP contribution in [0.5, 0.6) is 11.6 Å². The van der Waals surface area contributed by atoms with E-state index in [0.717, 1.165) is 0 Å². The molecule has 3 heteroatoms. The molecule has 0 N–H and O–H groups in total. The number of aromatic nitrogens is 1. The molecule has 0 bridgehead atoms. The summed E-state index contributed by atoms with van der Waals surface area (Å²) in [4.78, 5) is 4.04. The van der Waals surface area contributed by atoms with Crippen molar-refractivity contribution < 1.29 is 9.47 Å². The Morgan fingerprint density at radius 2 is 1.93 bits per heavy atom. The van der Waals surface area contributed by atoms with Gasteiger partial charge in [-0.2, -0.15) is 0 Å². The summed E-state index contributed by atoms with van der Waals surface area (Å²) in [5, 5.41) is 0. The lowest BCUT2D eigenvalue weighted by Crippen LogP contribution is -2.00. The minimum atomic E-state index is 0.418. The minimum Gasteiger partial charge on any atom is -0.484 e. The topological polar surface area (TPSA) is 31.4 Å². The van der Waals surface area contributed by atoms with Crippen LogP contribution in [0.4, 0.5) is 0 Å². The van der Waals surface area contributed by atoms with Gasteiger partial charge in [0, 0.05) is 6.20 Å². The van der Waals surface area contributed by atoms with Crippen molar-refractivity contribution in [1.29, 1.82) is 0 Å². The quantitative estimate of drug-likeness (QED) is 0.646. The third-order valence-electron chi connectivity index (χ3n) is 1.43. The molecule has 0 unspecified atom stereocenters. The zero-order chi connectivity index (χ0) is 10.2. The lowest BCUT2D eigenvalue weighted by molar-refractivity contribution is 0.298. The van der Waals surface area contributed by atoms with Crippen molar-refractivity contribution >= 4 is 0 Å². The Morgan fingerprint density at radius 3 is 2.64 bits per heavy atom. The van der Waals surface area contributed by atoms with Crippen molar-refractivity contribution in [2.45, 2.75) is 0 Å². The van der Waals surface area contributed by atoms with E-state index in [-0.39, 0.29) is 0 Å². The molecular formula is C11H13NO2. The van der Waals surface area contributed by atoms with E-state index >= 15 is 0 Å². The number of pyridine rings is 1. The van der Waals surface area contributed by atoms with Crippen LogP contribution in [0.25, 0.3) is 0 Å². The number of nitrogens with zero attached hydrogens (tertiary/aromatic N) is 1. The van der Waals surface area contributed by atoms with Crippen molar-refractivity contribution in [2.24, 2.45) is 0 Å². The summed E-state index contributed by atoms with van der Waals surface area (Å²) in [6.07, 6.45) is 4.98. The molecule has 1 rings (SSSR count). The first-order chi connectivity index (χ1) is 6.88. The Balaban J connectivity index is 2.68. The maximum Gasteiger partial charge on any atom is 0.257 e. The monoisotopic (exact) mass is 191 g/mol. The van der Waals surface area contributed by atoms with E-state index in [1.54, 1.807) is 30.5 Å². The molecular weight excluding hydrogens is 178 g/mol. The van der Waals surface area contributed by atoms with Crippen LogP contribution < -0.4 is 9.47 Å². The summed E-state index contributed by atoms with van der Waals surface area (Å²) in [7, 11) is 0. The molecule has 0 aromatic carbocycles. The van der Waals surface area contributed by atoms with E-state index < -0.39 is 0 Å². The van der Waals surface area contributed by atoms with E-state index in [1.807, 2.05) is 0 Å². The van der Waals surface area contributed by atoms with Gasteiger partial charge in [0.2, 0.25) is 0 Å². The van der Waals surface area contributed by atoms with Gasteiger partial charge in [-0.3, -0.25) is 0 Å². The van der Waals surface area contributed by atoms with Gasteiger partial charge < -0.3 is 9.47 Å². The number of ether oxygens (including phenoxy) is 2. The molecule has 1 aromatic rings. The Kier molecular flexibility index (Phi) is 4.27. The van der Waals surface area contributed by atoms with Gasteiger partial charge >= 0.3 is 0 Å². The average molecular weight is 191 g/mol. The second-order valence-electron chi connectivity index (χ2n) is 2.51. The molecule has 14 heavy (non-hydrogen) atoms. The molecule has 3 nitrogen and oxygen atoms in total. The summed E-state index contributed by atoms with van der Waals surface area (Å²) < 4.78 is 10.6. The highest BCUT2D eigenvalue weighted by Gasteiger charge is 2.03. The molecule has 0 fully saturated rings. The lowest BCUT2D eigenvalue weighted by atomic mass is 10.4. The maximum absolute atomic E-state index is 5.34. The fraction of sp³-hybridized carbons (Fsp3) is 0.182. The van der Waals surface area contributed by atoms with Crippen LogP contribution in [-0.4, -0.2) is 18.2 Å². The molecule has 0 atom stereocenters. The SMILES string of the molecule is C=CCOc1cccnc1OCC=C. The van der Waals surface area contributed by atoms with Crippen LogP contribution >= 0.6 is 0 Å². The third-order valence-corrected chi connectivity index (χ3v) is 1.43. The molecule has 0 aliphatic rings. The molecule has 0 aliphatic carbocycles. The molecule has 74 valence electrons. The molecule has 0 aliphatic heterocycles.